The Morgan fingerprint density at radius 2 is 2.05 bits per heavy atom. The van der Waals surface area contributed by atoms with E-state index < -0.39 is 0 Å². The fourth-order valence-electron chi connectivity index (χ4n) is 1.92. The second kappa shape index (κ2) is 8.43. The first-order valence-corrected chi connectivity index (χ1v) is 6.56. The lowest BCUT2D eigenvalue weighted by molar-refractivity contribution is -0.143. The maximum absolute atomic E-state index is 11.6. The van der Waals surface area contributed by atoms with E-state index in [2.05, 4.69) is 5.32 Å². The van der Waals surface area contributed by atoms with Gasteiger partial charge in [-0.25, -0.2) is 0 Å². The Hall–Kier alpha value is -1.68. The van der Waals surface area contributed by atoms with Gasteiger partial charge in [0, 0.05) is 6.04 Å². The number of nitrogens with one attached hydrogen (secondary N) is 1. The van der Waals surface area contributed by atoms with Gasteiger partial charge in [-0.3, -0.25) is 4.79 Å². The van der Waals surface area contributed by atoms with Crippen LogP contribution in [0.4, 0.5) is 0 Å². The zero-order chi connectivity index (χ0) is 14.1. The number of hydrogen-bond donors (Lipinski definition) is 1. The summed E-state index contributed by atoms with van der Waals surface area (Å²) >= 11 is 0. The molecule has 0 fully saturated rings. The molecule has 0 saturated heterocycles. The molecule has 0 aliphatic rings. The Balaban J connectivity index is 2.63. The molecule has 0 amide bonds. The standard InChI is InChI=1S/C15H21NO3/c1-3-19-15(18)10-14(16-12(2)11-17)9-13-7-5-4-6-8-13/h4-8,11-12,14,16H,3,9-10H2,1-2H3/t12-,14?/m0/s1. The molecule has 1 aromatic carbocycles. The lowest BCUT2D eigenvalue weighted by atomic mass is 10.0. The average molecular weight is 263 g/mol. The third kappa shape index (κ3) is 6.15. The predicted molar refractivity (Wildman–Crippen MR) is 73.8 cm³/mol. The zero-order valence-corrected chi connectivity index (χ0v) is 11.5. The van der Waals surface area contributed by atoms with Crippen LogP contribution in [0.5, 0.6) is 0 Å². The molecule has 0 spiro atoms. The van der Waals surface area contributed by atoms with E-state index in [0.29, 0.717) is 13.0 Å². The minimum absolute atomic E-state index is 0.0957. The van der Waals surface area contributed by atoms with Gasteiger partial charge in [0.15, 0.2) is 0 Å². The number of esters is 1. The number of carbonyl (C=O) groups is 2. The van der Waals surface area contributed by atoms with Gasteiger partial charge in [0.1, 0.15) is 6.29 Å². The summed E-state index contributed by atoms with van der Waals surface area (Å²) in [5.74, 6) is -0.242. The van der Waals surface area contributed by atoms with Crippen LogP contribution in [0.15, 0.2) is 30.3 Å². The van der Waals surface area contributed by atoms with E-state index >= 15 is 0 Å². The van der Waals surface area contributed by atoms with Crippen LogP contribution < -0.4 is 5.32 Å². The molecule has 0 radical (unpaired) electrons. The minimum Gasteiger partial charge on any atom is -0.466 e. The molecule has 0 bridgehead atoms. The highest BCUT2D eigenvalue weighted by Gasteiger charge is 2.17. The van der Waals surface area contributed by atoms with Gasteiger partial charge in [0.2, 0.25) is 0 Å². The first kappa shape index (κ1) is 15.4. The highest BCUT2D eigenvalue weighted by Crippen LogP contribution is 2.07. The summed E-state index contributed by atoms with van der Waals surface area (Å²) in [6.45, 7) is 3.93. The van der Waals surface area contributed by atoms with Crippen LogP contribution in [0.3, 0.4) is 0 Å². The molecular formula is C15H21NO3. The fraction of sp³-hybridized carbons (Fsp3) is 0.467. The van der Waals surface area contributed by atoms with Crippen LogP contribution in [-0.4, -0.2) is 30.9 Å². The van der Waals surface area contributed by atoms with Gasteiger partial charge in [0.25, 0.3) is 0 Å². The highest BCUT2D eigenvalue weighted by atomic mass is 16.5. The van der Waals surface area contributed by atoms with Gasteiger partial charge in [0.05, 0.1) is 19.1 Å². The normalized spacial score (nSPS) is 13.6. The minimum atomic E-state index is -0.275. The van der Waals surface area contributed by atoms with Crippen LogP contribution >= 0.6 is 0 Å². The second-order valence-corrected chi connectivity index (χ2v) is 4.49. The van der Waals surface area contributed by atoms with Crippen LogP contribution in [0.25, 0.3) is 0 Å². The average Bonchev–Trinajstić information content (AvgIpc) is 2.39. The van der Waals surface area contributed by atoms with Crippen molar-refractivity contribution >= 4 is 12.3 Å². The molecule has 1 rings (SSSR count). The maximum Gasteiger partial charge on any atom is 0.307 e. The van der Waals surface area contributed by atoms with Crippen LogP contribution in [-0.2, 0) is 20.7 Å². The van der Waals surface area contributed by atoms with E-state index in [1.54, 1.807) is 13.8 Å². The first-order chi connectivity index (χ1) is 9.15. The predicted octanol–water partition coefficient (Wildman–Crippen LogP) is 1.73. The zero-order valence-electron chi connectivity index (χ0n) is 11.5. The monoisotopic (exact) mass is 263 g/mol. The van der Waals surface area contributed by atoms with Crippen LogP contribution in [0.2, 0.25) is 0 Å². The summed E-state index contributed by atoms with van der Waals surface area (Å²) < 4.78 is 4.96. The summed E-state index contributed by atoms with van der Waals surface area (Å²) in [4.78, 5) is 22.3. The lowest BCUT2D eigenvalue weighted by Crippen LogP contribution is -2.40. The Kier molecular flexibility index (Phi) is 6.82. The van der Waals surface area contributed by atoms with Crippen LogP contribution in [0, 0.1) is 0 Å². The lowest BCUT2D eigenvalue weighted by Gasteiger charge is -2.20. The van der Waals surface area contributed by atoms with E-state index in [1.807, 2.05) is 30.3 Å². The number of benzene rings is 1. The molecular weight excluding hydrogens is 242 g/mol. The van der Waals surface area contributed by atoms with E-state index in [9.17, 15) is 9.59 Å². The molecule has 19 heavy (non-hydrogen) atoms. The molecule has 0 aliphatic carbocycles. The molecule has 0 aliphatic heterocycles. The third-order valence-corrected chi connectivity index (χ3v) is 2.75. The number of ether oxygens (including phenoxy) is 1. The molecule has 1 aromatic rings. The summed E-state index contributed by atoms with van der Waals surface area (Å²) in [7, 11) is 0. The van der Waals surface area contributed by atoms with E-state index in [0.717, 1.165) is 11.8 Å². The third-order valence-electron chi connectivity index (χ3n) is 2.75. The van der Waals surface area contributed by atoms with Crippen LogP contribution in [0.1, 0.15) is 25.8 Å². The maximum atomic E-state index is 11.6. The van der Waals surface area contributed by atoms with Gasteiger partial charge in [-0.1, -0.05) is 30.3 Å². The number of aldehydes is 1. The largest absolute Gasteiger partial charge is 0.466 e. The van der Waals surface area contributed by atoms with E-state index in [1.165, 1.54) is 0 Å². The second-order valence-electron chi connectivity index (χ2n) is 4.49. The Morgan fingerprint density at radius 1 is 1.37 bits per heavy atom. The summed E-state index contributed by atoms with van der Waals surface area (Å²) in [6.07, 6.45) is 1.79. The van der Waals surface area contributed by atoms with Crippen molar-refractivity contribution < 1.29 is 14.3 Å². The summed E-state index contributed by atoms with van der Waals surface area (Å²) in [6, 6.07) is 9.51. The topological polar surface area (TPSA) is 55.4 Å². The smallest absolute Gasteiger partial charge is 0.307 e. The molecule has 0 heterocycles. The van der Waals surface area contributed by atoms with Crippen molar-refractivity contribution in [3.63, 3.8) is 0 Å². The van der Waals surface area contributed by atoms with Gasteiger partial charge in [-0.2, -0.15) is 0 Å². The Morgan fingerprint density at radius 3 is 2.63 bits per heavy atom. The number of hydrogen-bond acceptors (Lipinski definition) is 4. The van der Waals surface area contributed by atoms with Gasteiger partial charge in [-0.15, -0.1) is 0 Å². The van der Waals surface area contributed by atoms with Gasteiger partial charge >= 0.3 is 5.97 Å². The van der Waals surface area contributed by atoms with E-state index in [-0.39, 0.29) is 24.5 Å². The highest BCUT2D eigenvalue weighted by molar-refractivity contribution is 5.70. The van der Waals surface area contributed by atoms with Crippen molar-refractivity contribution in [1.29, 1.82) is 0 Å². The van der Waals surface area contributed by atoms with Crippen molar-refractivity contribution in [3.8, 4) is 0 Å². The molecule has 104 valence electrons. The van der Waals surface area contributed by atoms with Crippen molar-refractivity contribution in [2.45, 2.75) is 38.8 Å². The Labute approximate surface area is 114 Å². The van der Waals surface area contributed by atoms with Crippen molar-refractivity contribution in [1.82, 2.24) is 5.32 Å². The first-order valence-electron chi connectivity index (χ1n) is 6.56. The molecule has 0 aromatic heterocycles. The van der Waals surface area contributed by atoms with Crippen molar-refractivity contribution in [3.05, 3.63) is 35.9 Å². The molecule has 1 N–H and O–H groups in total. The van der Waals surface area contributed by atoms with E-state index in [4.69, 9.17) is 4.74 Å². The molecule has 4 heteroatoms. The van der Waals surface area contributed by atoms with Gasteiger partial charge in [-0.05, 0) is 25.8 Å². The molecule has 2 atom stereocenters. The molecule has 0 saturated carbocycles. The van der Waals surface area contributed by atoms with Crippen molar-refractivity contribution in [2.24, 2.45) is 0 Å². The number of rotatable bonds is 8. The fourth-order valence-corrected chi connectivity index (χ4v) is 1.92. The SMILES string of the molecule is CCOC(=O)CC(Cc1ccccc1)N[C@@H](C)C=O. The number of carbonyl (C=O) groups excluding carboxylic acids is 2. The quantitative estimate of drug-likeness (QED) is 0.573. The van der Waals surface area contributed by atoms with Gasteiger partial charge < -0.3 is 14.8 Å². The summed E-state index contributed by atoms with van der Waals surface area (Å²) in [5.41, 5.74) is 1.13. The molecule has 1 unspecified atom stereocenters. The Bertz CT molecular complexity index is 392. The summed E-state index contributed by atoms with van der Waals surface area (Å²) in [5, 5.41) is 3.14. The molecule has 4 nitrogen and oxygen atoms in total. The van der Waals surface area contributed by atoms with Crippen molar-refractivity contribution in [2.75, 3.05) is 6.61 Å².